The molecule has 0 saturated heterocycles. The molecule has 0 bridgehead atoms. The number of carbonyl (C=O) groups excluding carboxylic acids is 2. The number of hydrogen-bond donors (Lipinski definition) is 2. The molecule has 0 amide bonds. The van der Waals surface area contributed by atoms with Crippen molar-refractivity contribution in [2.24, 2.45) is 5.73 Å². The quantitative estimate of drug-likeness (QED) is 0.0366. The highest BCUT2D eigenvalue weighted by Gasteiger charge is 2.25. The maximum atomic E-state index is 12.2. The van der Waals surface area contributed by atoms with Crippen LogP contribution in [0.25, 0.3) is 0 Å². The summed E-state index contributed by atoms with van der Waals surface area (Å²) >= 11 is 0. The largest absolute Gasteiger partial charge is 0.472 e. The van der Waals surface area contributed by atoms with Crippen LogP contribution in [0.5, 0.6) is 0 Å². The van der Waals surface area contributed by atoms with Crippen LogP contribution < -0.4 is 5.73 Å². The van der Waals surface area contributed by atoms with Crippen molar-refractivity contribution < 1.29 is 37.6 Å². The molecule has 0 aromatic rings. The standard InChI is InChI=1S/C33H58NO8P/c1-3-4-5-6-7-8-9-10-11-12-13-14-15-16-17-18-19-20-21-22-23-24-25-26-33(36)42-32(29-39-31(2)35)30-41-43(37,38)40-28-27-34/h4-5,7-8,10-11,13-14,32H,3,6,9,12,15-30,34H2,1-2H3,(H,37,38)/b5-4-,8-7-,11-10-,14-13-. The summed E-state index contributed by atoms with van der Waals surface area (Å²) in [7, 11) is -4.33. The Labute approximate surface area is 260 Å². The van der Waals surface area contributed by atoms with Crippen LogP contribution in [0.2, 0.25) is 0 Å². The maximum absolute atomic E-state index is 12.2. The number of hydrogen-bond acceptors (Lipinski definition) is 8. The summed E-state index contributed by atoms with van der Waals surface area (Å²) in [5.41, 5.74) is 5.24. The van der Waals surface area contributed by atoms with Crippen molar-refractivity contribution in [2.45, 2.75) is 123 Å². The summed E-state index contributed by atoms with van der Waals surface area (Å²) in [6, 6.07) is 0. The fraction of sp³-hybridized carbons (Fsp3) is 0.697. The minimum Gasteiger partial charge on any atom is -0.462 e. The molecule has 0 rings (SSSR count). The lowest BCUT2D eigenvalue weighted by Crippen LogP contribution is -2.29. The molecule has 43 heavy (non-hydrogen) atoms. The van der Waals surface area contributed by atoms with Crippen molar-refractivity contribution in [1.29, 1.82) is 0 Å². The lowest BCUT2D eigenvalue weighted by atomic mass is 10.0. The first-order valence-electron chi connectivity index (χ1n) is 16.1. The molecule has 0 aliphatic carbocycles. The van der Waals surface area contributed by atoms with Crippen LogP contribution in [0, 0.1) is 0 Å². The number of esters is 2. The number of rotatable bonds is 29. The molecule has 2 atom stereocenters. The Balaban J connectivity index is 3.75. The van der Waals surface area contributed by atoms with Gasteiger partial charge in [0, 0.05) is 19.9 Å². The van der Waals surface area contributed by atoms with Crippen molar-refractivity contribution >= 4 is 19.8 Å². The molecule has 0 radical (unpaired) electrons. The van der Waals surface area contributed by atoms with E-state index in [4.69, 9.17) is 19.7 Å². The summed E-state index contributed by atoms with van der Waals surface area (Å²) in [5, 5.41) is 0. The van der Waals surface area contributed by atoms with Crippen molar-refractivity contribution in [3.05, 3.63) is 48.6 Å². The van der Waals surface area contributed by atoms with Gasteiger partial charge in [0.1, 0.15) is 6.61 Å². The second-order valence-corrected chi connectivity index (χ2v) is 11.8. The molecular weight excluding hydrogens is 569 g/mol. The lowest BCUT2D eigenvalue weighted by molar-refractivity contribution is -0.160. The first kappa shape index (κ1) is 41.0. The van der Waals surface area contributed by atoms with Crippen molar-refractivity contribution in [3.8, 4) is 0 Å². The van der Waals surface area contributed by atoms with Crippen LogP contribution in [-0.2, 0) is 32.7 Å². The van der Waals surface area contributed by atoms with Gasteiger partial charge in [-0.2, -0.15) is 0 Å². The summed E-state index contributed by atoms with van der Waals surface area (Å²) in [4.78, 5) is 32.9. The highest BCUT2D eigenvalue weighted by atomic mass is 31.2. The van der Waals surface area contributed by atoms with E-state index in [0.717, 1.165) is 51.4 Å². The normalized spacial score (nSPS) is 14.2. The molecule has 9 nitrogen and oxygen atoms in total. The van der Waals surface area contributed by atoms with Gasteiger partial charge in [0.05, 0.1) is 13.2 Å². The zero-order valence-corrected chi connectivity index (χ0v) is 27.6. The van der Waals surface area contributed by atoms with E-state index in [1.165, 1.54) is 45.4 Å². The Hall–Kier alpha value is -2.03. The van der Waals surface area contributed by atoms with Crippen LogP contribution >= 0.6 is 7.82 Å². The average molecular weight is 628 g/mol. The molecule has 0 aromatic carbocycles. The Morgan fingerprint density at radius 2 is 1.26 bits per heavy atom. The van der Waals surface area contributed by atoms with Gasteiger partial charge in [0.25, 0.3) is 0 Å². The van der Waals surface area contributed by atoms with Crippen LogP contribution in [0.4, 0.5) is 0 Å². The van der Waals surface area contributed by atoms with Gasteiger partial charge in [-0.3, -0.25) is 18.6 Å². The molecule has 0 spiro atoms. The third kappa shape index (κ3) is 31.2. The Bertz CT molecular complexity index is 856. The first-order valence-corrected chi connectivity index (χ1v) is 17.5. The molecule has 0 aliphatic heterocycles. The number of unbranched alkanes of at least 4 members (excludes halogenated alkanes) is 10. The Kier molecular flexibility index (Phi) is 28.6. The van der Waals surface area contributed by atoms with E-state index in [0.29, 0.717) is 6.42 Å². The monoisotopic (exact) mass is 627 g/mol. The van der Waals surface area contributed by atoms with E-state index in [2.05, 4.69) is 60.1 Å². The van der Waals surface area contributed by atoms with Crippen molar-refractivity contribution in [2.75, 3.05) is 26.4 Å². The highest BCUT2D eigenvalue weighted by molar-refractivity contribution is 7.47. The van der Waals surface area contributed by atoms with Crippen LogP contribution in [0.3, 0.4) is 0 Å². The summed E-state index contributed by atoms with van der Waals surface area (Å²) < 4.78 is 31.4. The molecule has 0 saturated carbocycles. The van der Waals surface area contributed by atoms with Crippen LogP contribution in [0.1, 0.15) is 117 Å². The lowest BCUT2D eigenvalue weighted by Gasteiger charge is -2.19. The van der Waals surface area contributed by atoms with E-state index in [1.54, 1.807) is 0 Å². The SMILES string of the molecule is CC/C=C\C/C=C\C/C=C\C/C=C\CCCCCCCCCCCCC(=O)OC(COC(C)=O)COP(=O)(O)OCCN. The van der Waals surface area contributed by atoms with Gasteiger partial charge < -0.3 is 20.1 Å². The van der Waals surface area contributed by atoms with E-state index in [-0.39, 0.29) is 26.2 Å². The summed E-state index contributed by atoms with van der Waals surface area (Å²) in [6.07, 6.45) is 33.7. The molecule has 10 heteroatoms. The van der Waals surface area contributed by atoms with Gasteiger partial charge >= 0.3 is 19.8 Å². The van der Waals surface area contributed by atoms with Gasteiger partial charge in [0.2, 0.25) is 0 Å². The zero-order chi connectivity index (χ0) is 31.9. The van der Waals surface area contributed by atoms with E-state index in [1.807, 2.05) is 0 Å². The van der Waals surface area contributed by atoms with Gasteiger partial charge in [-0.05, 0) is 44.9 Å². The highest BCUT2D eigenvalue weighted by Crippen LogP contribution is 2.43. The molecule has 0 aromatic heterocycles. The average Bonchev–Trinajstić information content (AvgIpc) is 2.97. The summed E-state index contributed by atoms with van der Waals surface area (Å²) in [6.45, 7) is 2.54. The predicted octanol–water partition coefficient (Wildman–Crippen LogP) is 8.04. The molecule has 3 N–H and O–H groups in total. The summed E-state index contributed by atoms with van der Waals surface area (Å²) in [5.74, 6) is -1.03. The van der Waals surface area contributed by atoms with Crippen molar-refractivity contribution in [3.63, 3.8) is 0 Å². The van der Waals surface area contributed by atoms with Crippen LogP contribution in [0.15, 0.2) is 48.6 Å². The molecule has 2 unspecified atom stereocenters. The number of phosphoric acid groups is 1. The van der Waals surface area contributed by atoms with Gasteiger partial charge in [0.15, 0.2) is 6.10 Å². The third-order valence-corrected chi connectivity index (χ3v) is 7.27. The number of allylic oxidation sites excluding steroid dienone is 8. The fourth-order valence-electron chi connectivity index (χ4n) is 4.00. The minimum atomic E-state index is -4.33. The van der Waals surface area contributed by atoms with Crippen molar-refractivity contribution in [1.82, 2.24) is 0 Å². The first-order chi connectivity index (χ1) is 20.8. The smallest absolute Gasteiger partial charge is 0.462 e. The van der Waals surface area contributed by atoms with Gasteiger partial charge in [-0.25, -0.2) is 4.57 Å². The Morgan fingerprint density at radius 1 is 0.744 bits per heavy atom. The van der Waals surface area contributed by atoms with E-state index in [9.17, 15) is 19.0 Å². The fourth-order valence-corrected chi connectivity index (χ4v) is 4.76. The third-order valence-electron chi connectivity index (χ3n) is 6.29. The molecule has 0 heterocycles. The van der Waals surface area contributed by atoms with Crippen LogP contribution in [-0.4, -0.2) is 49.3 Å². The van der Waals surface area contributed by atoms with E-state index >= 15 is 0 Å². The molecule has 0 aliphatic rings. The molecule has 0 fully saturated rings. The Morgan fingerprint density at radius 3 is 1.79 bits per heavy atom. The second-order valence-electron chi connectivity index (χ2n) is 10.4. The number of carbonyl (C=O) groups is 2. The molecular formula is C33H58NO8P. The van der Waals surface area contributed by atoms with Gasteiger partial charge in [-0.15, -0.1) is 0 Å². The number of nitrogens with two attached hydrogens (primary N) is 1. The maximum Gasteiger partial charge on any atom is 0.472 e. The van der Waals surface area contributed by atoms with E-state index < -0.39 is 32.5 Å². The zero-order valence-electron chi connectivity index (χ0n) is 26.7. The molecule has 248 valence electrons. The minimum absolute atomic E-state index is 0.0491. The second kappa shape index (κ2) is 30.0. The number of phosphoric ester groups is 1. The topological polar surface area (TPSA) is 134 Å². The number of ether oxygens (including phenoxy) is 2. The predicted molar refractivity (Wildman–Crippen MR) is 173 cm³/mol. The van der Waals surface area contributed by atoms with Gasteiger partial charge in [-0.1, -0.05) is 107 Å².